The Hall–Kier alpha value is -1.33. The van der Waals surface area contributed by atoms with Gasteiger partial charge in [-0.25, -0.2) is 0 Å². The van der Waals surface area contributed by atoms with Gasteiger partial charge >= 0.3 is 0 Å². The minimum Gasteiger partial charge on any atom is -0.484 e. The first-order valence-corrected chi connectivity index (χ1v) is 8.56. The fraction of sp³-hybridized carbons (Fsp3) is 0.312. The van der Waals surface area contributed by atoms with Crippen LogP contribution in [-0.4, -0.2) is 24.0 Å². The first kappa shape index (κ1) is 14.6. The van der Waals surface area contributed by atoms with Crippen LogP contribution in [0.2, 0.25) is 0 Å². The van der Waals surface area contributed by atoms with E-state index in [1.165, 1.54) is 10.4 Å². The molecule has 1 aromatic heterocycles. The molecule has 0 saturated heterocycles. The molecule has 2 aromatic rings. The number of carbonyl (C=O) groups is 1. The molecule has 0 N–H and O–H groups in total. The van der Waals surface area contributed by atoms with E-state index in [-0.39, 0.29) is 18.6 Å². The van der Waals surface area contributed by atoms with Crippen LogP contribution in [0.4, 0.5) is 0 Å². The van der Waals surface area contributed by atoms with Gasteiger partial charge < -0.3 is 9.64 Å². The third-order valence-corrected chi connectivity index (χ3v) is 5.30. The maximum absolute atomic E-state index is 12.4. The summed E-state index contributed by atoms with van der Waals surface area (Å²) < 4.78 is 6.58. The molecule has 5 heteroatoms. The van der Waals surface area contributed by atoms with Crippen molar-refractivity contribution >= 4 is 33.2 Å². The van der Waals surface area contributed by atoms with E-state index >= 15 is 0 Å². The Morgan fingerprint density at radius 1 is 1.38 bits per heavy atom. The van der Waals surface area contributed by atoms with Crippen molar-refractivity contribution in [2.45, 2.75) is 19.4 Å². The Bertz CT molecular complexity index is 638. The summed E-state index contributed by atoms with van der Waals surface area (Å²) in [4.78, 5) is 15.7. The Balaban J connectivity index is 1.62. The van der Waals surface area contributed by atoms with Gasteiger partial charge in [0.05, 0.1) is 6.04 Å². The van der Waals surface area contributed by atoms with Crippen LogP contribution in [0.1, 0.15) is 23.4 Å². The van der Waals surface area contributed by atoms with E-state index < -0.39 is 0 Å². The molecule has 0 unspecified atom stereocenters. The van der Waals surface area contributed by atoms with Crippen molar-refractivity contribution < 1.29 is 9.53 Å². The minimum absolute atomic E-state index is 0.0438. The Labute approximate surface area is 136 Å². The van der Waals surface area contributed by atoms with Crippen molar-refractivity contribution in [3.05, 3.63) is 50.6 Å². The summed E-state index contributed by atoms with van der Waals surface area (Å²) in [5.74, 6) is 0.759. The van der Waals surface area contributed by atoms with Gasteiger partial charge in [0, 0.05) is 15.9 Å². The van der Waals surface area contributed by atoms with Crippen LogP contribution in [0, 0.1) is 0 Å². The number of hydrogen-bond acceptors (Lipinski definition) is 3. The number of hydrogen-bond donors (Lipinski definition) is 0. The van der Waals surface area contributed by atoms with Crippen molar-refractivity contribution in [2.75, 3.05) is 13.2 Å². The third kappa shape index (κ3) is 3.14. The lowest BCUT2D eigenvalue weighted by Gasteiger charge is -2.33. The van der Waals surface area contributed by atoms with Crippen LogP contribution in [0.25, 0.3) is 0 Å². The van der Waals surface area contributed by atoms with E-state index in [1.807, 2.05) is 29.2 Å². The Morgan fingerprint density at radius 3 is 2.90 bits per heavy atom. The predicted molar refractivity (Wildman–Crippen MR) is 87.8 cm³/mol. The fourth-order valence-corrected chi connectivity index (χ4v) is 3.84. The van der Waals surface area contributed by atoms with Crippen LogP contribution in [0.3, 0.4) is 0 Å². The molecule has 0 aliphatic carbocycles. The highest BCUT2D eigenvalue weighted by Gasteiger charge is 2.28. The normalized spacial score (nSPS) is 17.4. The van der Waals surface area contributed by atoms with Gasteiger partial charge in [-0.15, -0.1) is 11.3 Å². The molecule has 3 nitrogen and oxygen atoms in total. The van der Waals surface area contributed by atoms with E-state index in [4.69, 9.17) is 4.74 Å². The van der Waals surface area contributed by atoms with E-state index in [1.54, 1.807) is 11.3 Å². The molecule has 0 bridgehead atoms. The number of carbonyl (C=O) groups excluding carboxylic acids is 1. The van der Waals surface area contributed by atoms with Gasteiger partial charge in [0.1, 0.15) is 5.75 Å². The summed E-state index contributed by atoms with van der Waals surface area (Å²) in [5, 5.41) is 2.10. The van der Waals surface area contributed by atoms with Crippen molar-refractivity contribution in [1.82, 2.24) is 4.90 Å². The van der Waals surface area contributed by atoms with Gasteiger partial charge in [-0.1, -0.05) is 15.9 Å². The first-order chi connectivity index (χ1) is 10.1. The van der Waals surface area contributed by atoms with Crippen molar-refractivity contribution in [2.24, 2.45) is 0 Å². The molecule has 110 valence electrons. The zero-order chi connectivity index (χ0) is 14.8. The van der Waals surface area contributed by atoms with Gasteiger partial charge in [0.2, 0.25) is 0 Å². The van der Waals surface area contributed by atoms with Gasteiger partial charge in [0.25, 0.3) is 5.91 Å². The summed E-state index contributed by atoms with van der Waals surface area (Å²) in [6.07, 6.45) is 0.946. The molecule has 1 aliphatic rings. The summed E-state index contributed by atoms with van der Waals surface area (Å²) in [7, 11) is 0. The van der Waals surface area contributed by atoms with Gasteiger partial charge in [-0.3, -0.25) is 4.79 Å². The molecule has 1 aromatic carbocycles. The molecular weight excluding hydrogens is 350 g/mol. The molecule has 1 atom stereocenters. The molecule has 1 aliphatic heterocycles. The van der Waals surface area contributed by atoms with Gasteiger partial charge in [-0.2, -0.15) is 0 Å². The average molecular weight is 366 g/mol. The number of benzene rings is 1. The highest BCUT2D eigenvalue weighted by molar-refractivity contribution is 9.10. The number of rotatable bonds is 3. The highest BCUT2D eigenvalue weighted by atomic mass is 79.9. The number of halogens is 1. The lowest BCUT2D eigenvalue weighted by Crippen LogP contribution is -2.40. The van der Waals surface area contributed by atoms with Crippen LogP contribution in [0.15, 0.2) is 40.2 Å². The lowest BCUT2D eigenvalue weighted by atomic mass is 10.0. The van der Waals surface area contributed by atoms with E-state index in [9.17, 15) is 4.79 Å². The summed E-state index contributed by atoms with van der Waals surface area (Å²) >= 11 is 5.16. The standard InChI is InChI=1S/C16H16BrNO2S/c1-11-14-7-9-21-15(14)6-8-18(11)16(19)10-20-13-4-2-12(17)3-5-13/h2-5,7,9,11H,6,8,10H2,1H3/t11-/m0/s1. The van der Waals surface area contributed by atoms with Crippen molar-refractivity contribution in [1.29, 1.82) is 0 Å². The second-order valence-corrected chi connectivity index (χ2v) is 6.97. The maximum atomic E-state index is 12.4. The topological polar surface area (TPSA) is 29.5 Å². The zero-order valence-electron chi connectivity index (χ0n) is 11.7. The summed E-state index contributed by atoms with van der Waals surface area (Å²) in [6.45, 7) is 2.95. The lowest BCUT2D eigenvalue weighted by molar-refractivity contribution is -0.135. The van der Waals surface area contributed by atoms with Gasteiger partial charge in [-0.05, 0) is 54.6 Å². The number of fused-ring (bicyclic) bond motifs is 1. The minimum atomic E-state index is 0.0438. The maximum Gasteiger partial charge on any atom is 0.261 e. The highest BCUT2D eigenvalue weighted by Crippen LogP contribution is 2.32. The molecule has 0 saturated carbocycles. The molecular formula is C16H16BrNO2S. The van der Waals surface area contributed by atoms with Gasteiger partial charge in [0.15, 0.2) is 6.61 Å². The van der Waals surface area contributed by atoms with E-state index in [2.05, 4.69) is 34.3 Å². The first-order valence-electron chi connectivity index (χ1n) is 6.89. The SMILES string of the molecule is C[C@H]1c2ccsc2CCN1C(=O)COc1ccc(Br)cc1. The third-order valence-electron chi connectivity index (χ3n) is 3.77. The predicted octanol–water partition coefficient (Wildman–Crippen LogP) is 4.04. The van der Waals surface area contributed by atoms with Crippen LogP contribution in [0.5, 0.6) is 5.75 Å². The van der Waals surface area contributed by atoms with E-state index in [0.29, 0.717) is 5.75 Å². The number of thiophene rings is 1. The zero-order valence-corrected chi connectivity index (χ0v) is 14.1. The fourth-order valence-electron chi connectivity index (χ4n) is 2.61. The number of ether oxygens (including phenoxy) is 1. The van der Waals surface area contributed by atoms with Crippen LogP contribution >= 0.6 is 27.3 Å². The average Bonchev–Trinajstić information content (AvgIpc) is 2.96. The molecule has 21 heavy (non-hydrogen) atoms. The second-order valence-electron chi connectivity index (χ2n) is 5.05. The summed E-state index contributed by atoms with van der Waals surface area (Å²) in [6, 6.07) is 9.78. The number of nitrogens with zero attached hydrogens (tertiary/aromatic N) is 1. The largest absolute Gasteiger partial charge is 0.484 e. The second kappa shape index (κ2) is 6.20. The molecule has 0 radical (unpaired) electrons. The van der Waals surface area contributed by atoms with Crippen molar-refractivity contribution in [3.63, 3.8) is 0 Å². The van der Waals surface area contributed by atoms with Crippen LogP contribution < -0.4 is 4.74 Å². The van der Waals surface area contributed by atoms with Crippen molar-refractivity contribution in [3.8, 4) is 5.75 Å². The van der Waals surface area contributed by atoms with E-state index in [0.717, 1.165) is 17.4 Å². The Morgan fingerprint density at radius 2 is 2.14 bits per heavy atom. The molecule has 0 spiro atoms. The monoisotopic (exact) mass is 365 g/mol. The Kier molecular flexibility index (Phi) is 4.31. The smallest absolute Gasteiger partial charge is 0.261 e. The summed E-state index contributed by atoms with van der Waals surface area (Å²) in [5.41, 5.74) is 1.28. The van der Waals surface area contributed by atoms with Crippen LogP contribution in [-0.2, 0) is 11.2 Å². The number of amides is 1. The molecule has 1 amide bonds. The molecule has 3 rings (SSSR count). The molecule has 2 heterocycles. The quantitative estimate of drug-likeness (QED) is 0.821. The molecule has 0 fully saturated rings.